The average Bonchev–Trinajstić information content (AvgIpc) is 2.82. The predicted octanol–water partition coefficient (Wildman–Crippen LogP) is 5.14. The summed E-state index contributed by atoms with van der Waals surface area (Å²) in [6.07, 6.45) is 8.19. The first-order valence-electron chi connectivity index (χ1n) is 12.1. The molecule has 0 spiro atoms. The number of amides is 2. The van der Waals surface area contributed by atoms with Crippen LogP contribution in [0.5, 0.6) is 0 Å². The molecule has 1 aliphatic carbocycles. The smallest absolute Gasteiger partial charge is 0.261 e. The molecule has 174 valence electrons. The van der Waals surface area contributed by atoms with Crippen molar-refractivity contribution in [3.05, 3.63) is 75.7 Å². The second-order valence-electron chi connectivity index (χ2n) is 9.13. The molecule has 0 bridgehead atoms. The van der Waals surface area contributed by atoms with Crippen LogP contribution in [-0.2, 0) is 22.4 Å². The fourth-order valence-corrected chi connectivity index (χ4v) is 6.26. The van der Waals surface area contributed by atoms with E-state index in [0.29, 0.717) is 11.8 Å². The third-order valence-corrected chi connectivity index (χ3v) is 8.04. The van der Waals surface area contributed by atoms with Crippen LogP contribution in [0.3, 0.4) is 0 Å². The summed E-state index contributed by atoms with van der Waals surface area (Å²) in [4.78, 5) is 28.8. The third-order valence-electron chi connectivity index (χ3n) is 6.64. The van der Waals surface area contributed by atoms with Gasteiger partial charge in [0.05, 0.1) is 4.91 Å². The van der Waals surface area contributed by atoms with Gasteiger partial charge in [0.1, 0.15) is 6.54 Å². The molecular formula is C28H34N2O2S. The Hall–Kier alpha value is -2.53. The Balaban J connectivity index is 1.43. The minimum atomic E-state index is -0.0705. The van der Waals surface area contributed by atoms with E-state index in [2.05, 4.69) is 61.6 Å². The maximum Gasteiger partial charge on any atom is 0.261 e. The number of hydrogen-bond donors (Lipinski definition) is 1. The van der Waals surface area contributed by atoms with E-state index in [-0.39, 0.29) is 24.4 Å². The number of nitrogens with one attached hydrogen (secondary N) is 1. The van der Waals surface area contributed by atoms with Crippen LogP contribution in [0.25, 0.3) is 6.08 Å². The number of rotatable bonds is 7. The maximum absolute atomic E-state index is 13.4. The van der Waals surface area contributed by atoms with Crippen LogP contribution in [0.2, 0.25) is 0 Å². The van der Waals surface area contributed by atoms with Crippen LogP contribution in [-0.4, -0.2) is 41.1 Å². The SMILES string of the molecule is CCc1ccc(/C=C2\SC3CCCCC3N(CC(=O)NCCc3cccc(C)c3)C2=O)cc1. The summed E-state index contributed by atoms with van der Waals surface area (Å²) in [5.41, 5.74) is 4.77. The van der Waals surface area contributed by atoms with E-state index in [1.54, 1.807) is 11.8 Å². The molecule has 1 heterocycles. The Kier molecular flexibility index (Phi) is 7.92. The number of thioether (sulfide) groups is 1. The number of hydrogen-bond acceptors (Lipinski definition) is 3. The molecule has 2 aromatic rings. The van der Waals surface area contributed by atoms with Crippen molar-refractivity contribution < 1.29 is 9.59 Å². The summed E-state index contributed by atoms with van der Waals surface area (Å²) in [7, 11) is 0. The molecule has 2 aromatic carbocycles. The first kappa shape index (κ1) is 23.6. The third kappa shape index (κ3) is 6.08. The molecule has 1 N–H and O–H groups in total. The number of fused-ring (bicyclic) bond motifs is 1. The van der Waals surface area contributed by atoms with Crippen molar-refractivity contribution in [2.24, 2.45) is 0 Å². The van der Waals surface area contributed by atoms with E-state index < -0.39 is 0 Å². The van der Waals surface area contributed by atoms with Crippen LogP contribution in [0.1, 0.15) is 54.9 Å². The number of carbonyl (C=O) groups is 2. The van der Waals surface area contributed by atoms with E-state index >= 15 is 0 Å². The molecule has 33 heavy (non-hydrogen) atoms. The zero-order valence-corrected chi connectivity index (χ0v) is 20.5. The largest absolute Gasteiger partial charge is 0.354 e. The van der Waals surface area contributed by atoms with E-state index in [9.17, 15) is 9.59 Å². The molecule has 2 atom stereocenters. The van der Waals surface area contributed by atoms with Crippen molar-refractivity contribution in [2.75, 3.05) is 13.1 Å². The Labute approximate surface area is 201 Å². The molecule has 2 unspecified atom stereocenters. The molecule has 2 aliphatic rings. The van der Waals surface area contributed by atoms with Crippen LogP contribution in [0.4, 0.5) is 0 Å². The van der Waals surface area contributed by atoms with Crippen molar-refractivity contribution in [3.8, 4) is 0 Å². The van der Waals surface area contributed by atoms with Gasteiger partial charge in [-0.1, -0.05) is 73.9 Å². The minimum absolute atomic E-state index is 0.00319. The normalized spacial score (nSPS) is 21.7. The van der Waals surface area contributed by atoms with Crippen molar-refractivity contribution in [1.29, 1.82) is 0 Å². The lowest BCUT2D eigenvalue weighted by molar-refractivity contribution is -0.135. The summed E-state index contributed by atoms with van der Waals surface area (Å²) < 4.78 is 0. The van der Waals surface area contributed by atoms with Crippen molar-refractivity contribution in [3.63, 3.8) is 0 Å². The van der Waals surface area contributed by atoms with E-state index in [0.717, 1.165) is 42.6 Å². The van der Waals surface area contributed by atoms with E-state index in [1.165, 1.54) is 23.1 Å². The molecule has 1 saturated carbocycles. The highest BCUT2D eigenvalue weighted by Gasteiger charge is 2.41. The predicted molar refractivity (Wildman–Crippen MR) is 137 cm³/mol. The van der Waals surface area contributed by atoms with Crippen LogP contribution < -0.4 is 5.32 Å². The van der Waals surface area contributed by atoms with E-state index in [4.69, 9.17) is 0 Å². The lowest BCUT2D eigenvalue weighted by Gasteiger charge is -2.43. The molecule has 0 radical (unpaired) electrons. The first-order valence-corrected chi connectivity index (χ1v) is 13.0. The molecule has 2 fully saturated rings. The van der Waals surface area contributed by atoms with Crippen LogP contribution >= 0.6 is 11.8 Å². The number of aryl methyl sites for hydroxylation is 2. The molecule has 5 heteroatoms. The maximum atomic E-state index is 13.4. The summed E-state index contributed by atoms with van der Waals surface area (Å²) in [5, 5.41) is 3.40. The van der Waals surface area contributed by atoms with Crippen molar-refractivity contribution in [2.45, 2.75) is 63.7 Å². The molecule has 2 amide bonds. The van der Waals surface area contributed by atoms with Crippen LogP contribution in [0.15, 0.2) is 53.4 Å². The second kappa shape index (κ2) is 11.1. The summed E-state index contributed by atoms with van der Waals surface area (Å²) in [6.45, 7) is 4.94. The monoisotopic (exact) mass is 462 g/mol. The Morgan fingerprint density at radius 2 is 1.91 bits per heavy atom. The Morgan fingerprint density at radius 3 is 2.67 bits per heavy atom. The lowest BCUT2D eigenvalue weighted by Crippen LogP contribution is -2.54. The Morgan fingerprint density at radius 1 is 1.12 bits per heavy atom. The molecule has 4 nitrogen and oxygen atoms in total. The van der Waals surface area contributed by atoms with Gasteiger partial charge < -0.3 is 10.2 Å². The molecular weight excluding hydrogens is 428 g/mol. The zero-order chi connectivity index (χ0) is 23.2. The molecule has 1 aliphatic heterocycles. The van der Waals surface area contributed by atoms with Gasteiger partial charge in [-0.25, -0.2) is 0 Å². The number of carbonyl (C=O) groups excluding carboxylic acids is 2. The number of nitrogens with zero attached hydrogens (tertiary/aromatic N) is 1. The summed E-state index contributed by atoms with van der Waals surface area (Å²) >= 11 is 1.71. The summed E-state index contributed by atoms with van der Waals surface area (Å²) in [5.74, 6) is -0.0737. The minimum Gasteiger partial charge on any atom is -0.354 e. The van der Waals surface area contributed by atoms with Gasteiger partial charge in [0.25, 0.3) is 5.91 Å². The molecule has 4 rings (SSSR count). The van der Waals surface area contributed by atoms with Gasteiger partial charge in [-0.2, -0.15) is 0 Å². The average molecular weight is 463 g/mol. The van der Waals surface area contributed by atoms with Gasteiger partial charge in [0.15, 0.2) is 0 Å². The Bertz CT molecular complexity index is 1010. The van der Waals surface area contributed by atoms with Gasteiger partial charge >= 0.3 is 0 Å². The standard InChI is InChI=1S/C28H34N2O2S/c1-3-21-11-13-23(14-12-21)18-26-28(32)30(24-9-4-5-10-25(24)33-26)19-27(31)29-16-15-22-8-6-7-20(2)17-22/h6-8,11-14,17-18,24-25H,3-5,9-10,15-16,19H2,1-2H3,(H,29,31)/b26-18-. The van der Waals surface area contributed by atoms with Crippen molar-refractivity contribution in [1.82, 2.24) is 10.2 Å². The molecule has 1 saturated heterocycles. The lowest BCUT2D eigenvalue weighted by atomic mass is 9.93. The fraction of sp³-hybridized carbons (Fsp3) is 0.429. The van der Waals surface area contributed by atoms with Gasteiger partial charge in [-0.3, -0.25) is 9.59 Å². The van der Waals surface area contributed by atoms with Crippen LogP contribution in [0, 0.1) is 6.92 Å². The zero-order valence-electron chi connectivity index (χ0n) is 19.7. The summed E-state index contributed by atoms with van der Waals surface area (Å²) in [6, 6.07) is 16.9. The molecule has 0 aromatic heterocycles. The quantitative estimate of drug-likeness (QED) is 0.580. The highest BCUT2D eigenvalue weighted by atomic mass is 32.2. The van der Waals surface area contributed by atoms with E-state index in [1.807, 2.05) is 17.0 Å². The highest BCUT2D eigenvalue weighted by Crippen LogP contribution is 2.42. The van der Waals surface area contributed by atoms with Gasteiger partial charge in [-0.15, -0.1) is 11.8 Å². The highest BCUT2D eigenvalue weighted by molar-refractivity contribution is 8.04. The first-order chi connectivity index (χ1) is 16.0. The fourth-order valence-electron chi connectivity index (χ4n) is 4.79. The topological polar surface area (TPSA) is 49.4 Å². The van der Waals surface area contributed by atoms with Gasteiger partial charge in [0.2, 0.25) is 5.91 Å². The van der Waals surface area contributed by atoms with Gasteiger partial charge in [-0.05, 0) is 55.4 Å². The van der Waals surface area contributed by atoms with Gasteiger partial charge in [0, 0.05) is 17.8 Å². The number of benzene rings is 2. The van der Waals surface area contributed by atoms with Crippen molar-refractivity contribution >= 4 is 29.7 Å². The second-order valence-corrected chi connectivity index (χ2v) is 10.4.